The van der Waals surface area contributed by atoms with Crippen molar-refractivity contribution in [2.75, 3.05) is 0 Å². The summed E-state index contributed by atoms with van der Waals surface area (Å²) in [5.74, 6) is -10.0. The van der Waals surface area contributed by atoms with Crippen molar-refractivity contribution < 1.29 is 31.9 Å². The molecule has 0 saturated heterocycles. The lowest BCUT2D eigenvalue weighted by molar-refractivity contribution is -0.117. The van der Waals surface area contributed by atoms with Gasteiger partial charge in [-0.3, -0.25) is 4.79 Å². The molecule has 0 heterocycles. The minimum absolute atomic E-state index is 0.0633. The number of carbonyl (C=O) groups is 1. The van der Waals surface area contributed by atoms with Gasteiger partial charge in [0.2, 0.25) is 5.91 Å². The predicted octanol–water partition coefficient (Wildman–Crippen LogP) is 2.78. The van der Waals surface area contributed by atoms with Crippen LogP contribution in [0.5, 0.6) is 5.75 Å². The molecule has 2 aromatic carbocycles. The summed E-state index contributed by atoms with van der Waals surface area (Å²) in [6.07, 6.45) is -0.536. The molecule has 2 aromatic rings. The maximum Gasteiger partial charge on any atom is 0.221 e. The van der Waals surface area contributed by atoms with Gasteiger partial charge in [-0.25, -0.2) is 22.0 Å². The number of phenolic OH excluding ortho intramolecular Hbond substituents is 1. The van der Waals surface area contributed by atoms with Gasteiger partial charge in [0.15, 0.2) is 17.5 Å². The number of hydrogen-bond donors (Lipinski definition) is 2. The number of aromatic hydroxyl groups is 1. The monoisotopic (exact) mass is 317 g/mol. The second-order valence-corrected chi connectivity index (χ2v) is 4.45. The summed E-state index contributed by atoms with van der Waals surface area (Å²) in [7, 11) is 0. The lowest BCUT2D eigenvalue weighted by Crippen LogP contribution is -2.14. The van der Waals surface area contributed by atoms with Crippen molar-refractivity contribution in [1.82, 2.24) is 0 Å². The van der Waals surface area contributed by atoms with Crippen LogP contribution in [0.3, 0.4) is 0 Å². The van der Waals surface area contributed by atoms with Crippen molar-refractivity contribution >= 4 is 5.91 Å². The van der Waals surface area contributed by atoms with E-state index in [-0.39, 0.29) is 11.6 Å². The summed E-state index contributed by atoms with van der Waals surface area (Å²) >= 11 is 0. The third-order valence-corrected chi connectivity index (χ3v) is 2.92. The third kappa shape index (κ3) is 2.72. The molecule has 0 saturated carbocycles. The second-order valence-electron chi connectivity index (χ2n) is 4.45. The smallest absolute Gasteiger partial charge is 0.221 e. The molecule has 0 fully saturated rings. The molecule has 1 amide bonds. The van der Waals surface area contributed by atoms with E-state index in [9.17, 15) is 31.9 Å². The standard InChI is InChI=1S/C14H8F5NO2/c15-7-4-10(21)5(2-11(20)22)1-6(7)12-8(16)3-9(17)13(18)14(12)19/h1,3-4,21H,2H2,(H2,20,22). The molecule has 0 aliphatic rings. The van der Waals surface area contributed by atoms with Gasteiger partial charge in [0.25, 0.3) is 0 Å². The molecule has 116 valence electrons. The van der Waals surface area contributed by atoms with Gasteiger partial charge >= 0.3 is 0 Å². The number of amides is 1. The summed E-state index contributed by atoms with van der Waals surface area (Å²) < 4.78 is 67.3. The summed E-state index contributed by atoms with van der Waals surface area (Å²) in [6, 6.07) is 1.30. The molecule has 3 N–H and O–H groups in total. The molecule has 0 aliphatic carbocycles. The SMILES string of the molecule is NC(=O)Cc1cc(-c2c(F)cc(F)c(F)c2F)c(F)cc1O. The highest BCUT2D eigenvalue weighted by Gasteiger charge is 2.24. The highest BCUT2D eigenvalue weighted by Crippen LogP contribution is 2.34. The van der Waals surface area contributed by atoms with E-state index in [1.165, 1.54) is 0 Å². The van der Waals surface area contributed by atoms with Crippen molar-refractivity contribution in [3.63, 3.8) is 0 Å². The van der Waals surface area contributed by atoms with Gasteiger partial charge in [0, 0.05) is 23.3 Å². The van der Waals surface area contributed by atoms with Gasteiger partial charge in [-0.05, 0) is 6.07 Å². The average molecular weight is 317 g/mol. The van der Waals surface area contributed by atoms with E-state index in [0.717, 1.165) is 6.07 Å². The Kier molecular flexibility index (Phi) is 4.03. The molecule has 2 rings (SSSR count). The number of nitrogens with two attached hydrogens (primary N) is 1. The van der Waals surface area contributed by atoms with Gasteiger partial charge < -0.3 is 10.8 Å². The van der Waals surface area contributed by atoms with Crippen LogP contribution in [0.1, 0.15) is 5.56 Å². The first kappa shape index (κ1) is 15.7. The Morgan fingerprint density at radius 3 is 2.18 bits per heavy atom. The van der Waals surface area contributed by atoms with Crippen molar-refractivity contribution in [2.45, 2.75) is 6.42 Å². The number of halogens is 5. The Balaban J connectivity index is 2.73. The molecule has 22 heavy (non-hydrogen) atoms. The first-order chi connectivity index (χ1) is 10.2. The average Bonchev–Trinajstić information content (AvgIpc) is 2.40. The first-order valence-electron chi connectivity index (χ1n) is 5.85. The lowest BCUT2D eigenvalue weighted by atomic mass is 9.98. The molecule has 0 radical (unpaired) electrons. The van der Waals surface area contributed by atoms with Crippen LogP contribution in [0, 0.1) is 29.1 Å². The number of phenols is 1. The molecule has 0 spiro atoms. The van der Waals surface area contributed by atoms with Crippen LogP contribution in [-0.4, -0.2) is 11.0 Å². The fourth-order valence-electron chi connectivity index (χ4n) is 1.94. The van der Waals surface area contributed by atoms with Crippen molar-refractivity contribution in [2.24, 2.45) is 5.73 Å². The van der Waals surface area contributed by atoms with Crippen molar-refractivity contribution in [3.8, 4) is 16.9 Å². The van der Waals surface area contributed by atoms with Gasteiger partial charge in [-0.15, -0.1) is 0 Å². The van der Waals surface area contributed by atoms with E-state index in [4.69, 9.17) is 5.73 Å². The number of primary amides is 1. The van der Waals surface area contributed by atoms with Gasteiger partial charge in [-0.2, -0.15) is 0 Å². The molecule has 0 atom stereocenters. The zero-order valence-electron chi connectivity index (χ0n) is 10.8. The summed E-state index contributed by atoms with van der Waals surface area (Å²) in [4.78, 5) is 10.8. The molecule has 0 bridgehead atoms. The minimum Gasteiger partial charge on any atom is -0.508 e. The van der Waals surface area contributed by atoms with E-state index in [1.807, 2.05) is 0 Å². The van der Waals surface area contributed by atoms with Crippen LogP contribution >= 0.6 is 0 Å². The molecular formula is C14H8F5NO2. The van der Waals surface area contributed by atoms with Gasteiger partial charge in [-0.1, -0.05) is 0 Å². The van der Waals surface area contributed by atoms with Crippen molar-refractivity contribution in [1.29, 1.82) is 0 Å². The Hall–Kier alpha value is -2.64. The minimum atomic E-state index is -1.97. The highest BCUT2D eigenvalue weighted by atomic mass is 19.2. The third-order valence-electron chi connectivity index (χ3n) is 2.92. The maximum absolute atomic E-state index is 13.8. The number of carbonyl (C=O) groups excluding carboxylic acids is 1. The van der Waals surface area contributed by atoms with Crippen LogP contribution in [0.15, 0.2) is 18.2 Å². The van der Waals surface area contributed by atoms with E-state index in [0.29, 0.717) is 6.07 Å². The lowest BCUT2D eigenvalue weighted by Gasteiger charge is -2.11. The zero-order chi connectivity index (χ0) is 16.6. The quantitative estimate of drug-likeness (QED) is 0.519. The fourth-order valence-corrected chi connectivity index (χ4v) is 1.94. The van der Waals surface area contributed by atoms with E-state index < -0.39 is 58.3 Å². The number of rotatable bonds is 3. The molecule has 0 aliphatic heterocycles. The number of benzene rings is 2. The fraction of sp³-hybridized carbons (Fsp3) is 0.0714. The Labute approximate surface area is 120 Å². The van der Waals surface area contributed by atoms with Crippen LogP contribution in [-0.2, 0) is 11.2 Å². The van der Waals surface area contributed by atoms with E-state index in [1.54, 1.807) is 0 Å². The largest absolute Gasteiger partial charge is 0.508 e. The summed E-state index contributed by atoms with van der Waals surface area (Å²) in [6.45, 7) is 0. The number of hydrogen-bond acceptors (Lipinski definition) is 2. The Morgan fingerprint density at radius 1 is 0.955 bits per heavy atom. The Bertz CT molecular complexity index is 777. The molecule has 0 unspecified atom stereocenters. The van der Waals surface area contributed by atoms with Crippen molar-refractivity contribution in [3.05, 3.63) is 52.8 Å². The molecular weight excluding hydrogens is 309 g/mol. The van der Waals surface area contributed by atoms with Crippen LogP contribution in [0.2, 0.25) is 0 Å². The van der Waals surface area contributed by atoms with Crippen LogP contribution in [0.4, 0.5) is 22.0 Å². The predicted molar refractivity (Wildman–Crippen MR) is 66.2 cm³/mol. The van der Waals surface area contributed by atoms with E-state index >= 15 is 0 Å². The Morgan fingerprint density at radius 2 is 1.59 bits per heavy atom. The highest BCUT2D eigenvalue weighted by molar-refractivity contribution is 5.79. The van der Waals surface area contributed by atoms with E-state index in [2.05, 4.69) is 0 Å². The summed E-state index contributed by atoms with van der Waals surface area (Å²) in [5, 5.41) is 9.48. The molecule has 3 nitrogen and oxygen atoms in total. The van der Waals surface area contributed by atoms with Gasteiger partial charge in [0.05, 0.1) is 12.0 Å². The first-order valence-corrected chi connectivity index (χ1v) is 5.85. The molecule has 8 heteroatoms. The topological polar surface area (TPSA) is 63.3 Å². The normalized spacial score (nSPS) is 10.8. The molecule has 0 aromatic heterocycles. The summed E-state index contributed by atoms with van der Waals surface area (Å²) in [5.41, 5.74) is 2.78. The second kappa shape index (κ2) is 5.63. The van der Waals surface area contributed by atoms with Crippen LogP contribution < -0.4 is 5.73 Å². The maximum atomic E-state index is 13.8. The van der Waals surface area contributed by atoms with Crippen LogP contribution in [0.25, 0.3) is 11.1 Å². The zero-order valence-corrected chi connectivity index (χ0v) is 10.8. The van der Waals surface area contributed by atoms with Gasteiger partial charge in [0.1, 0.15) is 17.4 Å².